The van der Waals surface area contributed by atoms with E-state index in [1.165, 1.54) is 0 Å². The molecule has 0 aliphatic carbocycles. The van der Waals surface area contributed by atoms with E-state index >= 15 is 0 Å². The van der Waals surface area contributed by atoms with Crippen molar-refractivity contribution in [1.82, 2.24) is 0 Å². The number of carbonyl (C=O) groups is 1. The molecule has 0 fully saturated rings. The van der Waals surface area contributed by atoms with E-state index in [2.05, 4.69) is 5.32 Å². The maximum absolute atomic E-state index is 11.4. The van der Waals surface area contributed by atoms with E-state index in [0.717, 1.165) is 0 Å². The third-order valence-electron chi connectivity index (χ3n) is 1.97. The van der Waals surface area contributed by atoms with Gasteiger partial charge in [-0.05, 0) is 17.7 Å². The number of nitrogens with one attached hydrogen (secondary N) is 1. The van der Waals surface area contributed by atoms with Gasteiger partial charge in [-0.1, -0.05) is 12.1 Å². The van der Waals surface area contributed by atoms with Gasteiger partial charge in [-0.25, -0.2) is 8.42 Å². The molecule has 0 bridgehead atoms. The number of rotatable bonds is 6. The van der Waals surface area contributed by atoms with E-state index in [9.17, 15) is 13.2 Å². The van der Waals surface area contributed by atoms with Crippen LogP contribution in [0, 0.1) is 0 Å². The third kappa shape index (κ3) is 4.00. The first-order chi connectivity index (χ1) is 7.57. The highest BCUT2D eigenvalue weighted by Crippen LogP contribution is 2.11. The Bertz CT molecular complexity index is 438. The van der Waals surface area contributed by atoms with Crippen LogP contribution in [-0.4, -0.2) is 32.3 Å². The lowest BCUT2D eigenvalue weighted by molar-refractivity contribution is -0.105. The summed E-state index contributed by atoms with van der Waals surface area (Å²) in [7, 11) is -3.25. The monoisotopic (exact) mass is 243 g/mol. The minimum atomic E-state index is -3.25. The van der Waals surface area contributed by atoms with Gasteiger partial charge in [0.2, 0.25) is 6.41 Å². The molecule has 0 aliphatic heterocycles. The normalized spacial score (nSPS) is 11.1. The third-order valence-corrected chi connectivity index (χ3v) is 3.55. The Morgan fingerprint density at radius 1 is 1.25 bits per heavy atom. The van der Waals surface area contributed by atoms with Crippen molar-refractivity contribution in [3.63, 3.8) is 0 Å². The molecular weight excluding hydrogens is 230 g/mol. The topological polar surface area (TPSA) is 83.5 Å². The molecule has 0 spiro atoms. The summed E-state index contributed by atoms with van der Waals surface area (Å²) in [5, 5.41) is 11.0. The molecule has 0 atom stereocenters. The van der Waals surface area contributed by atoms with E-state index in [0.29, 0.717) is 17.7 Å². The van der Waals surface area contributed by atoms with Gasteiger partial charge < -0.3 is 10.4 Å². The molecule has 1 aromatic rings. The van der Waals surface area contributed by atoms with Crippen molar-refractivity contribution in [2.24, 2.45) is 0 Å². The van der Waals surface area contributed by atoms with Crippen LogP contribution >= 0.6 is 0 Å². The second kappa shape index (κ2) is 5.62. The van der Waals surface area contributed by atoms with Crippen LogP contribution in [-0.2, 0) is 20.4 Å². The van der Waals surface area contributed by atoms with Gasteiger partial charge in [-0.15, -0.1) is 0 Å². The minimum Gasteiger partial charge on any atom is -0.395 e. The van der Waals surface area contributed by atoms with E-state index in [1.54, 1.807) is 24.3 Å². The molecule has 0 aromatic heterocycles. The van der Waals surface area contributed by atoms with E-state index in [-0.39, 0.29) is 18.1 Å². The fourth-order valence-electron chi connectivity index (χ4n) is 1.23. The highest BCUT2D eigenvalue weighted by atomic mass is 32.2. The van der Waals surface area contributed by atoms with Crippen LogP contribution in [0.4, 0.5) is 5.69 Å². The Hall–Kier alpha value is -1.40. The smallest absolute Gasteiger partial charge is 0.211 e. The number of aliphatic hydroxyl groups is 1. The number of anilines is 1. The van der Waals surface area contributed by atoms with E-state index in [1.807, 2.05) is 0 Å². The molecule has 5 nitrogen and oxygen atoms in total. The Kier molecular flexibility index (Phi) is 4.45. The van der Waals surface area contributed by atoms with E-state index < -0.39 is 9.84 Å². The molecule has 0 heterocycles. The number of hydrogen-bond donors (Lipinski definition) is 2. The summed E-state index contributed by atoms with van der Waals surface area (Å²) in [5.41, 5.74) is 1.24. The van der Waals surface area contributed by atoms with E-state index in [4.69, 9.17) is 5.11 Å². The fourth-order valence-corrected chi connectivity index (χ4v) is 2.35. The quantitative estimate of drug-likeness (QED) is 0.697. The van der Waals surface area contributed by atoms with Crippen LogP contribution in [0.3, 0.4) is 0 Å². The first kappa shape index (κ1) is 12.7. The average Bonchev–Trinajstić information content (AvgIpc) is 2.21. The Morgan fingerprint density at radius 2 is 1.88 bits per heavy atom. The van der Waals surface area contributed by atoms with Gasteiger partial charge in [0.15, 0.2) is 9.84 Å². The van der Waals surface area contributed by atoms with Gasteiger partial charge in [-0.2, -0.15) is 0 Å². The molecule has 0 saturated carbocycles. The van der Waals surface area contributed by atoms with Crippen molar-refractivity contribution in [2.75, 3.05) is 17.7 Å². The largest absolute Gasteiger partial charge is 0.395 e. The molecule has 0 saturated heterocycles. The lowest BCUT2D eigenvalue weighted by Gasteiger charge is -2.04. The van der Waals surface area contributed by atoms with Crippen molar-refractivity contribution < 1.29 is 18.3 Å². The summed E-state index contributed by atoms with van der Waals surface area (Å²) in [4.78, 5) is 10.1. The second-order valence-electron chi connectivity index (χ2n) is 3.27. The predicted octanol–water partition coefficient (Wildman–Crippen LogP) is 0.162. The van der Waals surface area contributed by atoms with Gasteiger partial charge in [0.1, 0.15) is 0 Å². The van der Waals surface area contributed by atoms with Crippen LogP contribution in [0.15, 0.2) is 24.3 Å². The zero-order chi connectivity index (χ0) is 12.0. The van der Waals surface area contributed by atoms with Gasteiger partial charge in [0, 0.05) is 5.69 Å². The molecule has 1 rings (SSSR count). The number of benzene rings is 1. The van der Waals surface area contributed by atoms with Crippen molar-refractivity contribution in [3.05, 3.63) is 29.8 Å². The predicted molar refractivity (Wildman–Crippen MR) is 60.7 cm³/mol. The Morgan fingerprint density at radius 3 is 2.38 bits per heavy atom. The second-order valence-corrected chi connectivity index (χ2v) is 5.46. The lowest BCUT2D eigenvalue weighted by atomic mass is 10.2. The van der Waals surface area contributed by atoms with Crippen LogP contribution in [0.1, 0.15) is 5.56 Å². The van der Waals surface area contributed by atoms with Crippen molar-refractivity contribution in [1.29, 1.82) is 0 Å². The molecule has 6 heteroatoms. The van der Waals surface area contributed by atoms with Gasteiger partial charge in [-0.3, -0.25) is 4.79 Å². The first-order valence-electron chi connectivity index (χ1n) is 4.68. The molecule has 0 radical (unpaired) electrons. The fraction of sp³-hybridized carbons (Fsp3) is 0.300. The highest BCUT2D eigenvalue weighted by Gasteiger charge is 2.10. The number of aliphatic hydroxyl groups excluding tert-OH is 1. The van der Waals surface area contributed by atoms with Gasteiger partial charge in [0.25, 0.3) is 0 Å². The summed E-state index contributed by atoms with van der Waals surface area (Å²) in [6.07, 6.45) is 0.553. The summed E-state index contributed by atoms with van der Waals surface area (Å²) in [5.74, 6) is -0.337. The van der Waals surface area contributed by atoms with Crippen molar-refractivity contribution >= 4 is 21.9 Å². The highest BCUT2D eigenvalue weighted by molar-refractivity contribution is 7.90. The number of hydrogen-bond acceptors (Lipinski definition) is 4. The number of sulfone groups is 1. The summed E-state index contributed by atoms with van der Waals surface area (Å²) in [6.45, 7) is -0.368. The molecule has 16 heavy (non-hydrogen) atoms. The van der Waals surface area contributed by atoms with Crippen LogP contribution < -0.4 is 5.32 Å². The van der Waals surface area contributed by atoms with Crippen LogP contribution in [0.25, 0.3) is 0 Å². The maximum atomic E-state index is 11.4. The zero-order valence-electron chi connectivity index (χ0n) is 8.59. The van der Waals surface area contributed by atoms with Crippen LogP contribution in [0.2, 0.25) is 0 Å². The molecule has 0 unspecified atom stereocenters. The maximum Gasteiger partial charge on any atom is 0.211 e. The number of carbonyl (C=O) groups excluding carboxylic acids is 1. The molecule has 0 aliphatic rings. The standard InChI is InChI=1S/C10H13NO4S/c12-5-6-16(14,15)7-9-1-3-10(4-2-9)11-8-13/h1-4,8,12H,5-7H2,(H,11,13). The van der Waals surface area contributed by atoms with Crippen molar-refractivity contribution in [2.45, 2.75) is 5.75 Å². The molecular formula is C10H13NO4S. The zero-order valence-corrected chi connectivity index (χ0v) is 9.40. The first-order valence-corrected chi connectivity index (χ1v) is 6.50. The minimum absolute atomic E-state index is 0.102. The summed E-state index contributed by atoms with van der Waals surface area (Å²) < 4.78 is 22.8. The van der Waals surface area contributed by atoms with Gasteiger partial charge in [0.05, 0.1) is 18.1 Å². The number of amides is 1. The SMILES string of the molecule is O=CNc1ccc(CS(=O)(=O)CCO)cc1. The summed E-state index contributed by atoms with van der Waals surface area (Å²) >= 11 is 0. The Balaban J connectivity index is 2.72. The molecule has 88 valence electrons. The van der Waals surface area contributed by atoms with Crippen molar-refractivity contribution in [3.8, 4) is 0 Å². The summed E-state index contributed by atoms with van der Waals surface area (Å²) in [6, 6.07) is 6.50. The molecule has 2 N–H and O–H groups in total. The molecule has 1 amide bonds. The van der Waals surface area contributed by atoms with Gasteiger partial charge >= 0.3 is 0 Å². The van der Waals surface area contributed by atoms with Crippen LogP contribution in [0.5, 0.6) is 0 Å². The lowest BCUT2D eigenvalue weighted by Crippen LogP contribution is -2.12. The Labute approximate surface area is 94.0 Å². The molecule has 1 aromatic carbocycles. The average molecular weight is 243 g/mol.